The minimum absolute atomic E-state index is 0. The molecule has 0 atom stereocenters. The summed E-state index contributed by atoms with van der Waals surface area (Å²) in [5.74, 6) is 0. The Morgan fingerprint density at radius 1 is 0.600 bits per heavy atom. The summed E-state index contributed by atoms with van der Waals surface area (Å²) in [6.07, 6.45) is 0. The van der Waals surface area contributed by atoms with Crippen molar-refractivity contribution in [1.29, 1.82) is 0 Å². The van der Waals surface area contributed by atoms with Crippen molar-refractivity contribution in [2.45, 2.75) is 0 Å². The van der Waals surface area contributed by atoms with Crippen LogP contribution in [0.4, 0.5) is 0 Å². The van der Waals surface area contributed by atoms with Gasteiger partial charge in [0, 0.05) is 0 Å². The molecule has 0 aromatic heterocycles. The van der Waals surface area contributed by atoms with Gasteiger partial charge in [0.1, 0.15) is 0 Å². The molecular weight excluding hydrogens is 170 g/mol. The van der Waals surface area contributed by atoms with Gasteiger partial charge in [0.25, 0.3) is 0 Å². The Bertz CT molecular complexity index is 6.85. The van der Waals surface area contributed by atoms with E-state index < -0.39 is 0 Å². The fourth-order valence-corrected chi connectivity index (χ4v) is 0. The Balaban J connectivity index is 0. The SMILES string of the molecule is [Cr+3].[Ga+3].[O-2].[O-2].[O-2]. The molecule has 0 fully saturated rings. The number of hydrogen-bond donors (Lipinski definition) is 0. The van der Waals surface area contributed by atoms with E-state index in [1.807, 2.05) is 0 Å². The van der Waals surface area contributed by atoms with Crippen LogP contribution in [0.3, 0.4) is 0 Å². The van der Waals surface area contributed by atoms with Crippen LogP contribution in [0.25, 0.3) is 0 Å². The van der Waals surface area contributed by atoms with Crippen molar-refractivity contribution in [3.05, 3.63) is 0 Å². The van der Waals surface area contributed by atoms with E-state index in [-0.39, 0.29) is 53.6 Å². The van der Waals surface area contributed by atoms with Crippen molar-refractivity contribution in [3.63, 3.8) is 0 Å². The summed E-state index contributed by atoms with van der Waals surface area (Å²) in [5, 5.41) is 0. The Labute approximate surface area is 53.9 Å². The topological polar surface area (TPSA) is 85.5 Å². The molecule has 0 N–H and O–H groups in total. The second kappa shape index (κ2) is 75.2. The van der Waals surface area contributed by atoms with Gasteiger partial charge in [-0.3, -0.25) is 0 Å². The van der Waals surface area contributed by atoms with E-state index in [9.17, 15) is 0 Å². The van der Waals surface area contributed by atoms with Crippen LogP contribution in [-0.4, -0.2) is 19.8 Å². The second-order valence-electron chi connectivity index (χ2n) is 0. The fraction of sp³-hybridized carbons (Fsp3) is 0. The van der Waals surface area contributed by atoms with Crippen LogP contribution in [0.15, 0.2) is 0 Å². The Morgan fingerprint density at radius 2 is 0.600 bits per heavy atom. The minimum Gasteiger partial charge on any atom is -2.00 e. The van der Waals surface area contributed by atoms with E-state index in [2.05, 4.69) is 0 Å². The third kappa shape index (κ3) is 42.7. The predicted molar refractivity (Wildman–Crippen MR) is 7.81 cm³/mol. The first-order valence-electron chi connectivity index (χ1n) is 0. The average Bonchev–Trinajstić information content (AvgIpc) is 0. The van der Waals surface area contributed by atoms with Crippen molar-refractivity contribution in [1.82, 2.24) is 0 Å². The number of rotatable bonds is 0. The third-order valence-corrected chi connectivity index (χ3v) is 0. The van der Waals surface area contributed by atoms with E-state index in [0.29, 0.717) is 0 Å². The zero-order valence-electron chi connectivity index (χ0n) is 2.21. The third-order valence-electron chi connectivity index (χ3n) is 0. The van der Waals surface area contributed by atoms with Crippen molar-refractivity contribution >= 4 is 19.8 Å². The maximum Gasteiger partial charge on any atom is 3.00 e. The first kappa shape index (κ1) is 140. The minimum atomic E-state index is 0. The molecule has 0 aliphatic rings. The van der Waals surface area contributed by atoms with Crippen molar-refractivity contribution in [2.24, 2.45) is 0 Å². The van der Waals surface area contributed by atoms with Crippen molar-refractivity contribution < 1.29 is 33.8 Å². The molecule has 0 amide bonds. The molecule has 0 bridgehead atoms. The summed E-state index contributed by atoms with van der Waals surface area (Å²) in [6, 6.07) is 0. The molecule has 0 rings (SSSR count). The molecule has 0 saturated heterocycles. The molecule has 0 aromatic carbocycles. The molecule has 3 nitrogen and oxygen atoms in total. The molecule has 5 heteroatoms. The first-order valence-corrected chi connectivity index (χ1v) is 0. The zero-order valence-corrected chi connectivity index (χ0v) is 5.91. The first-order chi connectivity index (χ1) is 0. The fourth-order valence-electron chi connectivity index (χ4n) is 0. The van der Waals surface area contributed by atoms with Crippen LogP contribution >= 0.6 is 0 Å². The van der Waals surface area contributed by atoms with E-state index in [4.69, 9.17) is 0 Å². The molecule has 0 aliphatic carbocycles. The van der Waals surface area contributed by atoms with Gasteiger partial charge >= 0.3 is 37.2 Å². The Kier molecular flexibility index (Phi) is 2110. The van der Waals surface area contributed by atoms with Crippen LogP contribution < -0.4 is 0 Å². The molecule has 0 unspecified atom stereocenters. The van der Waals surface area contributed by atoms with Gasteiger partial charge < -0.3 is 16.4 Å². The predicted octanol–water partition coefficient (Wildman–Crippen LogP) is -0.740. The molecule has 0 spiro atoms. The normalized spacial score (nSPS) is 0. The molecule has 0 saturated carbocycles. The van der Waals surface area contributed by atoms with Gasteiger partial charge in [0.05, 0.1) is 0 Å². The van der Waals surface area contributed by atoms with Gasteiger partial charge in [-0.1, -0.05) is 0 Å². The van der Waals surface area contributed by atoms with Crippen LogP contribution in [0, 0.1) is 0 Å². The molecule has 1 radical (unpaired) electrons. The summed E-state index contributed by atoms with van der Waals surface area (Å²) < 4.78 is 0. The molecule has 0 aromatic rings. The molecular formula is CrGaO3. The molecule has 27 valence electrons. The Morgan fingerprint density at radius 3 is 0.600 bits per heavy atom. The van der Waals surface area contributed by atoms with Crippen LogP contribution in [-0.2, 0) is 33.8 Å². The maximum absolute atomic E-state index is 0. The van der Waals surface area contributed by atoms with E-state index in [1.165, 1.54) is 0 Å². The standard InChI is InChI=1S/Cr.Ga.3O/q2*+3;3*-2. The average molecular weight is 170 g/mol. The summed E-state index contributed by atoms with van der Waals surface area (Å²) >= 11 is 0. The Hall–Kier alpha value is 1.05. The van der Waals surface area contributed by atoms with Gasteiger partial charge in [-0.05, 0) is 0 Å². The van der Waals surface area contributed by atoms with Gasteiger partial charge in [-0.25, -0.2) is 0 Å². The monoisotopic (exact) mass is 169 g/mol. The maximum atomic E-state index is 0. The van der Waals surface area contributed by atoms with Crippen LogP contribution in [0.5, 0.6) is 0 Å². The largest absolute Gasteiger partial charge is 3.00 e. The van der Waals surface area contributed by atoms with Gasteiger partial charge in [0.2, 0.25) is 0 Å². The molecule has 0 aliphatic heterocycles. The van der Waals surface area contributed by atoms with E-state index in [0.717, 1.165) is 0 Å². The van der Waals surface area contributed by atoms with Gasteiger partial charge in [-0.2, -0.15) is 0 Å². The quantitative estimate of drug-likeness (QED) is 0.428. The summed E-state index contributed by atoms with van der Waals surface area (Å²) in [6.45, 7) is 0. The van der Waals surface area contributed by atoms with Crippen molar-refractivity contribution in [3.8, 4) is 0 Å². The van der Waals surface area contributed by atoms with Crippen LogP contribution in [0.1, 0.15) is 0 Å². The number of hydrogen-bond acceptors (Lipinski definition) is 0. The summed E-state index contributed by atoms with van der Waals surface area (Å²) in [7, 11) is 0. The zero-order chi connectivity index (χ0) is 0. The second-order valence-corrected chi connectivity index (χ2v) is 0. The molecule has 0 heterocycles. The smallest absolute Gasteiger partial charge is 2.00 e. The van der Waals surface area contributed by atoms with Gasteiger partial charge in [0.15, 0.2) is 0 Å². The van der Waals surface area contributed by atoms with E-state index in [1.54, 1.807) is 0 Å². The summed E-state index contributed by atoms with van der Waals surface area (Å²) in [5.41, 5.74) is 0. The van der Waals surface area contributed by atoms with E-state index >= 15 is 0 Å². The molecule has 5 heavy (non-hydrogen) atoms. The van der Waals surface area contributed by atoms with Crippen LogP contribution in [0.2, 0.25) is 0 Å². The van der Waals surface area contributed by atoms with Gasteiger partial charge in [-0.15, -0.1) is 0 Å². The summed E-state index contributed by atoms with van der Waals surface area (Å²) in [4.78, 5) is 0. The van der Waals surface area contributed by atoms with Crippen molar-refractivity contribution in [2.75, 3.05) is 0 Å².